The van der Waals surface area contributed by atoms with E-state index in [2.05, 4.69) is 20.6 Å². The lowest BCUT2D eigenvalue weighted by Gasteiger charge is -2.23. The van der Waals surface area contributed by atoms with Crippen molar-refractivity contribution in [2.45, 2.75) is 57.5 Å². The Kier molecular flexibility index (Phi) is 6.08. The molecule has 150 valence electrons. The van der Waals surface area contributed by atoms with Gasteiger partial charge in [0, 0.05) is 18.3 Å². The lowest BCUT2D eigenvalue weighted by Crippen LogP contribution is -2.38. The largest absolute Gasteiger partial charge is 0.365 e. The molecule has 7 nitrogen and oxygen atoms in total. The molecule has 0 spiro atoms. The highest BCUT2D eigenvalue weighted by Gasteiger charge is 2.24. The van der Waals surface area contributed by atoms with Crippen LogP contribution in [0.15, 0.2) is 24.5 Å². The molecule has 28 heavy (non-hydrogen) atoms. The van der Waals surface area contributed by atoms with Crippen LogP contribution in [0.4, 0.5) is 21.7 Å². The minimum atomic E-state index is -0.760. The van der Waals surface area contributed by atoms with Crippen LogP contribution >= 0.6 is 0 Å². The zero-order chi connectivity index (χ0) is 20.3. The second-order valence-electron chi connectivity index (χ2n) is 7.38. The SMILES string of the molecule is CCC[C@@H](Nc1nc(Nc2cncc(C3CC3)c2)c(C(N)=O)cc1F)[C@H](C)N. The van der Waals surface area contributed by atoms with Gasteiger partial charge >= 0.3 is 0 Å². The van der Waals surface area contributed by atoms with Crippen LogP contribution in [0.1, 0.15) is 61.4 Å². The number of anilines is 3. The van der Waals surface area contributed by atoms with Gasteiger partial charge in [-0.3, -0.25) is 9.78 Å². The summed E-state index contributed by atoms with van der Waals surface area (Å²) in [6, 6.07) is 2.74. The molecule has 0 radical (unpaired) electrons. The number of amides is 1. The molecule has 0 bridgehead atoms. The molecule has 3 rings (SSSR count). The molecule has 2 atom stereocenters. The van der Waals surface area contributed by atoms with Gasteiger partial charge in [-0.05, 0) is 49.8 Å². The molecular formula is C20H27FN6O. The molecule has 1 aliphatic rings. The molecule has 2 aromatic rings. The number of hydrogen-bond donors (Lipinski definition) is 4. The molecule has 0 unspecified atom stereocenters. The van der Waals surface area contributed by atoms with E-state index >= 15 is 0 Å². The van der Waals surface area contributed by atoms with Crippen LogP contribution in [-0.2, 0) is 0 Å². The highest BCUT2D eigenvalue weighted by atomic mass is 19.1. The average Bonchev–Trinajstić information content (AvgIpc) is 3.48. The summed E-state index contributed by atoms with van der Waals surface area (Å²) in [5, 5.41) is 6.13. The van der Waals surface area contributed by atoms with E-state index in [1.807, 2.05) is 26.1 Å². The summed E-state index contributed by atoms with van der Waals surface area (Å²) in [7, 11) is 0. The summed E-state index contributed by atoms with van der Waals surface area (Å²) in [4.78, 5) is 20.4. The summed E-state index contributed by atoms with van der Waals surface area (Å²) >= 11 is 0. The van der Waals surface area contributed by atoms with Gasteiger partial charge in [-0.25, -0.2) is 9.37 Å². The zero-order valence-electron chi connectivity index (χ0n) is 16.2. The Balaban J connectivity index is 1.91. The maximum Gasteiger partial charge on any atom is 0.252 e. The number of nitrogens with two attached hydrogens (primary N) is 2. The molecule has 0 aliphatic heterocycles. The lowest BCUT2D eigenvalue weighted by atomic mass is 10.1. The van der Waals surface area contributed by atoms with E-state index < -0.39 is 11.7 Å². The molecule has 1 saturated carbocycles. The Morgan fingerprint density at radius 3 is 2.68 bits per heavy atom. The molecule has 0 aromatic carbocycles. The van der Waals surface area contributed by atoms with Crippen molar-refractivity contribution >= 4 is 23.2 Å². The predicted octanol–water partition coefficient (Wildman–Crippen LogP) is 3.26. The highest BCUT2D eigenvalue weighted by Crippen LogP contribution is 2.40. The summed E-state index contributed by atoms with van der Waals surface area (Å²) in [6.45, 7) is 3.89. The maximum absolute atomic E-state index is 14.6. The van der Waals surface area contributed by atoms with Crippen LogP contribution in [-0.4, -0.2) is 28.0 Å². The molecule has 2 heterocycles. The van der Waals surface area contributed by atoms with Gasteiger partial charge in [-0.1, -0.05) is 13.3 Å². The number of aromatic nitrogens is 2. The van der Waals surface area contributed by atoms with Crippen molar-refractivity contribution in [2.24, 2.45) is 11.5 Å². The van der Waals surface area contributed by atoms with Crippen molar-refractivity contribution in [3.8, 4) is 0 Å². The first kappa shape index (κ1) is 20.0. The first-order valence-electron chi connectivity index (χ1n) is 9.63. The summed E-state index contributed by atoms with van der Waals surface area (Å²) in [5.74, 6) is -0.653. The first-order valence-corrected chi connectivity index (χ1v) is 9.63. The van der Waals surface area contributed by atoms with Gasteiger partial charge in [0.05, 0.1) is 17.4 Å². The van der Waals surface area contributed by atoms with Crippen LogP contribution < -0.4 is 22.1 Å². The van der Waals surface area contributed by atoms with Crippen LogP contribution in [0.5, 0.6) is 0 Å². The van der Waals surface area contributed by atoms with E-state index in [1.165, 1.54) is 0 Å². The van der Waals surface area contributed by atoms with Gasteiger partial charge < -0.3 is 22.1 Å². The maximum atomic E-state index is 14.6. The molecule has 2 aromatic heterocycles. The van der Waals surface area contributed by atoms with Gasteiger partial charge in [-0.15, -0.1) is 0 Å². The van der Waals surface area contributed by atoms with Crippen molar-refractivity contribution in [1.82, 2.24) is 9.97 Å². The molecule has 1 fully saturated rings. The smallest absolute Gasteiger partial charge is 0.252 e. The summed E-state index contributed by atoms with van der Waals surface area (Å²) in [6.07, 6.45) is 7.43. The fourth-order valence-electron chi connectivity index (χ4n) is 3.13. The fraction of sp³-hybridized carbons (Fsp3) is 0.450. The lowest BCUT2D eigenvalue weighted by molar-refractivity contribution is 0.100. The van der Waals surface area contributed by atoms with Crippen LogP contribution in [0.2, 0.25) is 0 Å². The summed E-state index contributed by atoms with van der Waals surface area (Å²) < 4.78 is 14.6. The second kappa shape index (κ2) is 8.52. The minimum Gasteiger partial charge on any atom is -0.365 e. The topological polar surface area (TPSA) is 119 Å². The van der Waals surface area contributed by atoms with Gasteiger partial charge in [0.15, 0.2) is 11.6 Å². The second-order valence-corrected chi connectivity index (χ2v) is 7.38. The number of nitrogens with zero attached hydrogens (tertiary/aromatic N) is 2. The van der Waals surface area contributed by atoms with Gasteiger partial charge in [0.25, 0.3) is 5.91 Å². The van der Waals surface area contributed by atoms with Crippen LogP contribution in [0, 0.1) is 5.82 Å². The predicted molar refractivity (Wildman–Crippen MR) is 108 cm³/mol. The van der Waals surface area contributed by atoms with E-state index in [4.69, 9.17) is 11.5 Å². The number of halogens is 1. The van der Waals surface area contributed by atoms with Gasteiger partial charge in [0.1, 0.15) is 5.82 Å². The Morgan fingerprint density at radius 2 is 2.07 bits per heavy atom. The zero-order valence-corrected chi connectivity index (χ0v) is 16.2. The first-order chi connectivity index (χ1) is 13.4. The van der Waals surface area contributed by atoms with Crippen molar-refractivity contribution in [3.63, 3.8) is 0 Å². The fourth-order valence-corrected chi connectivity index (χ4v) is 3.13. The third kappa shape index (κ3) is 4.75. The number of pyridine rings is 2. The highest BCUT2D eigenvalue weighted by molar-refractivity contribution is 5.98. The normalized spacial score (nSPS) is 15.7. The summed E-state index contributed by atoms with van der Waals surface area (Å²) in [5.41, 5.74) is 13.2. The van der Waals surface area contributed by atoms with E-state index in [1.54, 1.807) is 6.20 Å². The number of hydrogen-bond acceptors (Lipinski definition) is 6. The van der Waals surface area contributed by atoms with E-state index in [0.29, 0.717) is 11.6 Å². The molecule has 0 saturated heterocycles. The minimum absolute atomic E-state index is 0.0206. The Bertz CT molecular complexity index is 853. The Morgan fingerprint density at radius 1 is 1.32 bits per heavy atom. The molecule has 6 N–H and O–H groups in total. The van der Waals surface area contributed by atoms with E-state index in [-0.39, 0.29) is 29.3 Å². The Hall–Kier alpha value is -2.74. The van der Waals surface area contributed by atoms with Crippen LogP contribution in [0.25, 0.3) is 0 Å². The molecule has 1 aliphatic carbocycles. The number of carbonyl (C=O) groups excluding carboxylic acids is 1. The van der Waals surface area contributed by atoms with Crippen molar-refractivity contribution in [2.75, 3.05) is 10.6 Å². The van der Waals surface area contributed by atoms with Crippen LogP contribution in [0.3, 0.4) is 0 Å². The number of rotatable bonds is 9. The number of carbonyl (C=O) groups is 1. The molecule has 8 heteroatoms. The number of primary amides is 1. The third-order valence-corrected chi connectivity index (χ3v) is 4.87. The van der Waals surface area contributed by atoms with Crippen molar-refractivity contribution in [1.29, 1.82) is 0 Å². The van der Waals surface area contributed by atoms with E-state index in [9.17, 15) is 9.18 Å². The third-order valence-electron chi connectivity index (χ3n) is 4.87. The van der Waals surface area contributed by atoms with Crippen molar-refractivity contribution in [3.05, 3.63) is 41.5 Å². The quantitative estimate of drug-likeness (QED) is 0.525. The molecule has 1 amide bonds. The van der Waals surface area contributed by atoms with Crippen molar-refractivity contribution < 1.29 is 9.18 Å². The Labute approximate surface area is 164 Å². The van der Waals surface area contributed by atoms with E-state index in [0.717, 1.165) is 37.3 Å². The molecular weight excluding hydrogens is 359 g/mol. The number of nitrogens with one attached hydrogen (secondary N) is 2. The van der Waals surface area contributed by atoms with Gasteiger partial charge in [0.2, 0.25) is 0 Å². The average molecular weight is 386 g/mol. The monoisotopic (exact) mass is 386 g/mol. The van der Waals surface area contributed by atoms with Gasteiger partial charge in [-0.2, -0.15) is 0 Å². The standard InChI is InChI=1S/C20H27FN6O/c1-3-4-17(11(2)22)26-20-16(21)8-15(18(23)28)19(27-20)25-14-7-13(9-24-10-14)12-5-6-12/h7-12,17H,3-6,22H2,1-2H3,(H2,23,28)(H2,25,26,27)/t11-,17+/m0/s1.